The number of hydrogen-bond acceptors (Lipinski definition) is 3. The van der Waals surface area contributed by atoms with Crippen molar-refractivity contribution in [3.05, 3.63) is 35.6 Å². The highest BCUT2D eigenvalue weighted by Gasteiger charge is 2.18. The van der Waals surface area contributed by atoms with Crippen molar-refractivity contribution in [3.8, 4) is 6.07 Å². The van der Waals surface area contributed by atoms with E-state index in [1.54, 1.807) is 30.1 Å². The third kappa shape index (κ3) is 2.75. The van der Waals surface area contributed by atoms with Crippen LogP contribution in [0.5, 0.6) is 0 Å². The van der Waals surface area contributed by atoms with E-state index in [4.69, 9.17) is 10.4 Å². The van der Waals surface area contributed by atoms with Gasteiger partial charge in [0.05, 0.1) is 12.7 Å². The summed E-state index contributed by atoms with van der Waals surface area (Å²) in [5, 5.41) is 17.7. The van der Waals surface area contributed by atoms with E-state index in [0.29, 0.717) is 12.1 Å². The molecule has 15 heavy (non-hydrogen) atoms. The molecule has 0 spiro atoms. The van der Waals surface area contributed by atoms with Gasteiger partial charge in [-0.1, -0.05) is 18.2 Å². The number of hydrogen-bond donors (Lipinski definition) is 1. The smallest absolute Gasteiger partial charge is 0.129 e. The maximum Gasteiger partial charge on any atom is 0.129 e. The van der Waals surface area contributed by atoms with Crippen LogP contribution < -0.4 is 0 Å². The van der Waals surface area contributed by atoms with Gasteiger partial charge in [0.2, 0.25) is 0 Å². The fraction of sp³-hybridized carbons (Fsp3) is 0.364. The highest BCUT2D eigenvalue weighted by Crippen LogP contribution is 2.20. The van der Waals surface area contributed by atoms with Gasteiger partial charge in [0.15, 0.2) is 0 Å². The summed E-state index contributed by atoms with van der Waals surface area (Å²) in [6.45, 7) is 0.287. The van der Waals surface area contributed by atoms with Gasteiger partial charge in [-0.3, -0.25) is 4.90 Å². The maximum atomic E-state index is 13.4. The first-order valence-corrected chi connectivity index (χ1v) is 4.66. The van der Waals surface area contributed by atoms with E-state index in [9.17, 15) is 4.39 Å². The maximum absolute atomic E-state index is 13.4. The molecule has 0 heterocycles. The number of nitriles is 1. The molecule has 0 radical (unpaired) electrons. The van der Waals surface area contributed by atoms with Gasteiger partial charge in [-0.25, -0.2) is 4.39 Å². The molecule has 1 unspecified atom stereocenters. The Morgan fingerprint density at radius 2 is 2.20 bits per heavy atom. The zero-order valence-corrected chi connectivity index (χ0v) is 8.52. The normalized spacial score (nSPS) is 12.5. The largest absolute Gasteiger partial charge is 0.395 e. The molecule has 0 aromatic heterocycles. The summed E-state index contributed by atoms with van der Waals surface area (Å²) in [7, 11) is 1.68. The van der Waals surface area contributed by atoms with Crippen LogP contribution in [0.3, 0.4) is 0 Å². The Bertz CT molecular complexity index is 362. The lowest BCUT2D eigenvalue weighted by Gasteiger charge is -2.21. The summed E-state index contributed by atoms with van der Waals surface area (Å²) in [5.41, 5.74) is 0.343. The van der Waals surface area contributed by atoms with Gasteiger partial charge >= 0.3 is 0 Å². The average molecular weight is 208 g/mol. The molecular formula is C11H13FN2O. The van der Waals surface area contributed by atoms with Crippen LogP contribution in [-0.4, -0.2) is 30.2 Å². The lowest BCUT2D eigenvalue weighted by atomic mass is 10.1. The van der Waals surface area contributed by atoms with Gasteiger partial charge in [-0.2, -0.15) is 5.26 Å². The average Bonchev–Trinajstić information content (AvgIpc) is 2.22. The Hall–Kier alpha value is -1.44. The Kier molecular flexibility index (Phi) is 4.22. The monoisotopic (exact) mass is 208 g/mol. The Labute approximate surface area is 88.4 Å². The molecule has 0 aliphatic rings. The minimum Gasteiger partial charge on any atom is -0.395 e. The quantitative estimate of drug-likeness (QED) is 0.811. The highest BCUT2D eigenvalue weighted by atomic mass is 19.1. The van der Waals surface area contributed by atoms with Gasteiger partial charge in [-0.15, -0.1) is 0 Å². The molecule has 1 aromatic rings. The molecule has 4 heteroatoms. The molecular weight excluding hydrogens is 195 g/mol. The number of halogens is 1. The van der Waals surface area contributed by atoms with Crippen LogP contribution in [0, 0.1) is 17.1 Å². The second-order valence-corrected chi connectivity index (χ2v) is 3.26. The summed E-state index contributed by atoms with van der Waals surface area (Å²) in [6.07, 6.45) is 0. The van der Waals surface area contributed by atoms with Crippen molar-refractivity contribution in [2.75, 3.05) is 20.2 Å². The van der Waals surface area contributed by atoms with Crippen molar-refractivity contribution in [1.82, 2.24) is 4.90 Å². The molecule has 0 fully saturated rings. The number of aliphatic hydroxyl groups excluding tert-OH is 1. The first-order valence-electron chi connectivity index (χ1n) is 4.66. The van der Waals surface area contributed by atoms with Crippen LogP contribution in [0.15, 0.2) is 24.3 Å². The lowest BCUT2D eigenvalue weighted by Crippen LogP contribution is -2.27. The summed E-state index contributed by atoms with van der Waals surface area (Å²) in [5.74, 6) is -0.395. The van der Waals surface area contributed by atoms with E-state index in [-0.39, 0.29) is 6.61 Å². The van der Waals surface area contributed by atoms with Gasteiger partial charge < -0.3 is 5.11 Å². The van der Waals surface area contributed by atoms with Gasteiger partial charge in [-0.05, 0) is 13.1 Å². The van der Waals surface area contributed by atoms with Crippen molar-refractivity contribution in [1.29, 1.82) is 5.26 Å². The zero-order chi connectivity index (χ0) is 11.3. The molecule has 3 nitrogen and oxygen atoms in total. The van der Waals surface area contributed by atoms with Crippen molar-refractivity contribution < 1.29 is 9.50 Å². The van der Waals surface area contributed by atoms with Crippen molar-refractivity contribution in [2.24, 2.45) is 0 Å². The van der Waals surface area contributed by atoms with E-state index in [2.05, 4.69) is 0 Å². The van der Waals surface area contributed by atoms with E-state index >= 15 is 0 Å². The zero-order valence-electron chi connectivity index (χ0n) is 8.52. The minimum absolute atomic E-state index is 0.0524. The fourth-order valence-corrected chi connectivity index (χ4v) is 1.39. The lowest BCUT2D eigenvalue weighted by molar-refractivity contribution is 0.201. The van der Waals surface area contributed by atoms with E-state index in [1.165, 1.54) is 6.07 Å². The molecule has 0 saturated carbocycles. The predicted octanol–water partition coefficient (Wildman–Crippen LogP) is 1.31. The standard InChI is InChI=1S/C11H13FN2O/c1-14(6-7-15)11(8-13)9-4-2-3-5-10(9)12/h2-5,11,15H,6-7H2,1H3. The van der Waals surface area contributed by atoms with Crippen molar-refractivity contribution in [2.45, 2.75) is 6.04 Å². The van der Waals surface area contributed by atoms with E-state index < -0.39 is 11.9 Å². The fourth-order valence-electron chi connectivity index (χ4n) is 1.39. The van der Waals surface area contributed by atoms with Gasteiger partial charge in [0, 0.05) is 12.1 Å². The second kappa shape index (κ2) is 5.44. The molecule has 0 saturated heterocycles. The van der Waals surface area contributed by atoms with Crippen molar-refractivity contribution >= 4 is 0 Å². The van der Waals surface area contributed by atoms with Crippen LogP contribution in [0.2, 0.25) is 0 Å². The molecule has 1 rings (SSSR count). The van der Waals surface area contributed by atoms with Crippen molar-refractivity contribution in [3.63, 3.8) is 0 Å². The first-order chi connectivity index (χ1) is 7.20. The first kappa shape index (κ1) is 11.6. The Balaban J connectivity index is 2.94. The molecule has 1 aromatic carbocycles. The third-order valence-electron chi connectivity index (χ3n) is 2.22. The molecule has 0 aliphatic carbocycles. The van der Waals surface area contributed by atoms with Crippen LogP contribution in [0.4, 0.5) is 4.39 Å². The molecule has 0 aliphatic heterocycles. The molecule has 0 bridgehead atoms. The number of nitrogens with zero attached hydrogens (tertiary/aromatic N) is 2. The molecule has 80 valence electrons. The van der Waals surface area contributed by atoms with Gasteiger partial charge in [0.25, 0.3) is 0 Å². The predicted molar refractivity (Wildman–Crippen MR) is 54.5 cm³/mol. The van der Waals surface area contributed by atoms with Crippen LogP contribution >= 0.6 is 0 Å². The van der Waals surface area contributed by atoms with E-state index in [1.807, 2.05) is 6.07 Å². The molecule has 1 atom stereocenters. The topological polar surface area (TPSA) is 47.3 Å². The number of rotatable bonds is 4. The summed E-state index contributed by atoms with van der Waals surface area (Å²) in [4.78, 5) is 1.61. The second-order valence-electron chi connectivity index (χ2n) is 3.26. The van der Waals surface area contributed by atoms with Crippen LogP contribution in [0.25, 0.3) is 0 Å². The molecule has 0 amide bonds. The summed E-state index contributed by atoms with van der Waals surface area (Å²) < 4.78 is 13.4. The number of aliphatic hydroxyl groups is 1. The third-order valence-corrected chi connectivity index (χ3v) is 2.22. The SMILES string of the molecule is CN(CCO)C(C#N)c1ccccc1F. The number of benzene rings is 1. The van der Waals surface area contributed by atoms with Crippen LogP contribution in [-0.2, 0) is 0 Å². The molecule has 1 N–H and O–H groups in total. The Morgan fingerprint density at radius 3 is 2.73 bits per heavy atom. The highest BCUT2D eigenvalue weighted by molar-refractivity contribution is 5.25. The Morgan fingerprint density at radius 1 is 1.53 bits per heavy atom. The van der Waals surface area contributed by atoms with E-state index in [0.717, 1.165) is 0 Å². The van der Waals surface area contributed by atoms with Crippen LogP contribution in [0.1, 0.15) is 11.6 Å². The van der Waals surface area contributed by atoms with Gasteiger partial charge in [0.1, 0.15) is 11.9 Å². The summed E-state index contributed by atoms with van der Waals surface area (Å²) in [6, 6.07) is 7.54. The summed E-state index contributed by atoms with van der Waals surface area (Å²) >= 11 is 0. The minimum atomic E-state index is -0.654. The number of likely N-dealkylation sites (N-methyl/N-ethyl adjacent to an activating group) is 1.